The zero-order valence-corrected chi connectivity index (χ0v) is 16.6. The molecule has 0 saturated heterocycles. The van der Waals surface area contributed by atoms with Crippen molar-refractivity contribution in [3.8, 4) is 11.5 Å². The molecule has 2 aliphatic heterocycles. The second-order valence-electron chi connectivity index (χ2n) is 7.51. The third-order valence-corrected chi connectivity index (χ3v) is 5.40. The van der Waals surface area contributed by atoms with Crippen molar-refractivity contribution in [3.63, 3.8) is 0 Å². The molecule has 1 amide bonds. The Morgan fingerprint density at radius 1 is 1.22 bits per heavy atom. The van der Waals surface area contributed by atoms with Crippen molar-refractivity contribution < 1.29 is 27.4 Å². The van der Waals surface area contributed by atoms with E-state index >= 15 is 0 Å². The molecular formula is C21H18F3N5O3. The molecule has 0 saturated carbocycles. The van der Waals surface area contributed by atoms with Gasteiger partial charge in [-0.3, -0.25) is 9.78 Å². The van der Waals surface area contributed by atoms with Crippen molar-refractivity contribution in [2.75, 3.05) is 12.1 Å². The number of alkyl halides is 3. The number of pyridine rings is 1. The highest BCUT2D eigenvalue weighted by Crippen LogP contribution is 2.45. The molecule has 32 heavy (non-hydrogen) atoms. The first kappa shape index (κ1) is 20.2. The van der Waals surface area contributed by atoms with Gasteiger partial charge in [0.2, 0.25) is 6.79 Å². The number of amides is 1. The van der Waals surface area contributed by atoms with E-state index in [0.29, 0.717) is 17.1 Å². The van der Waals surface area contributed by atoms with E-state index in [1.807, 2.05) is 0 Å². The number of fused-ring (bicyclic) bond motifs is 2. The number of aromatic nitrogens is 3. The fourth-order valence-electron chi connectivity index (χ4n) is 3.81. The number of halogens is 3. The minimum atomic E-state index is -4.54. The van der Waals surface area contributed by atoms with Gasteiger partial charge in [-0.25, -0.2) is 4.68 Å². The maximum atomic E-state index is 13.9. The third-order valence-electron chi connectivity index (χ3n) is 5.40. The van der Waals surface area contributed by atoms with Crippen LogP contribution in [-0.4, -0.2) is 33.6 Å². The van der Waals surface area contributed by atoms with Gasteiger partial charge in [-0.1, -0.05) is 12.1 Å². The second-order valence-corrected chi connectivity index (χ2v) is 7.51. The summed E-state index contributed by atoms with van der Waals surface area (Å²) in [4.78, 5) is 16.5. The number of anilines is 1. The van der Waals surface area contributed by atoms with Crippen LogP contribution in [0.1, 0.15) is 40.1 Å². The highest BCUT2D eigenvalue weighted by molar-refractivity contribution is 5.93. The minimum absolute atomic E-state index is 0.0757. The number of rotatable bonds is 4. The highest BCUT2D eigenvalue weighted by Gasteiger charge is 2.47. The fraction of sp³-hybridized carbons (Fsp3) is 0.286. The summed E-state index contributed by atoms with van der Waals surface area (Å²) in [7, 11) is 0. The first-order valence-corrected chi connectivity index (χ1v) is 9.88. The zero-order chi connectivity index (χ0) is 22.3. The van der Waals surface area contributed by atoms with Crippen LogP contribution in [0.2, 0.25) is 0 Å². The van der Waals surface area contributed by atoms with Crippen molar-refractivity contribution in [2.24, 2.45) is 0 Å². The van der Waals surface area contributed by atoms with Gasteiger partial charge >= 0.3 is 6.18 Å². The number of ether oxygens (including phenoxy) is 2. The molecule has 1 aromatic carbocycles. The van der Waals surface area contributed by atoms with Crippen LogP contribution in [0.3, 0.4) is 0 Å². The summed E-state index contributed by atoms with van der Waals surface area (Å²) >= 11 is 0. The van der Waals surface area contributed by atoms with Crippen LogP contribution in [0.15, 0.2) is 48.8 Å². The van der Waals surface area contributed by atoms with E-state index in [4.69, 9.17) is 9.47 Å². The smallest absolute Gasteiger partial charge is 0.410 e. The minimum Gasteiger partial charge on any atom is -0.454 e. The van der Waals surface area contributed by atoms with E-state index in [1.165, 1.54) is 6.07 Å². The maximum Gasteiger partial charge on any atom is 0.410 e. The van der Waals surface area contributed by atoms with Gasteiger partial charge in [-0.2, -0.15) is 18.3 Å². The number of hydrogen-bond donors (Lipinski definition) is 2. The molecule has 0 aliphatic carbocycles. The summed E-state index contributed by atoms with van der Waals surface area (Å²) in [6, 6.07) is 7.35. The standard InChI is InChI=1S/C21H18F3N5O3/c22-21(23,24)18-7-14(13-3-4-16-17(6-13)32-11-31-16)27-19-8-15(28-29(18)19)20(30)26-10-12-2-1-5-25-9-12/h1-6,8-9,14,18,27H,7,10-11H2,(H,26,30)/t14-,18+/m1/s1. The van der Waals surface area contributed by atoms with E-state index in [9.17, 15) is 18.0 Å². The molecule has 5 rings (SSSR count). The van der Waals surface area contributed by atoms with Crippen molar-refractivity contribution in [2.45, 2.75) is 31.2 Å². The Morgan fingerprint density at radius 3 is 2.84 bits per heavy atom. The highest BCUT2D eigenvalue weighted by atomic mass is 19.4. The average Bonchev–Trinajstić information content (AvgIpc) is 3.43. The van der Waals surface area contributed by atoms with Crippen LogP contribution in [-0.2, 0) is 6.54 Å². The first-order valence-electron chi connectivity index (χ1n) is 9.88. The van der Waals surface area contributed by atoms with Gasteiger partial charge in [0.25, 0.3) is 5.91 Å². The zero-order valence-electron chi connectivity index (χ0n) is 16.6. The maximum absolute atomic E-state index is 13.9. The van der Waals surface area contributed by atoms with Crippen LogP contribution in [0.5, 0.6) is 11.5 Å². The van der Waals surface area contributed by atoms with E-state index in [1.54, 1.807) is 42.7 Å². The molecule has 4 heterocycles. The van der Waals surface area contributed by atoms with E-state index in [2.05, 4.69) is 20.7 Å². The lowest BCUT2D eigenvalue weighted by Gasteiger charge is -2.33. The molecule has 0 fully saturated rings. The Labute approximate surface area is 180 Å². The molecule has 0 spiro atoms. The molecule has 2 atom stereocenters. The van der Waals surface area contributed by atoms with Crippen molar-refractivity contribution in [3.05, 3.63) is 65.6 Å². The molecule has 3 aromatic rings. The van der Waals surface area contributed by atoms with Crippen molar-refractivity contribution >= 4 is 11.7 Å². The predicted molar refractivity (Wildman–Crippen MR) is 106 cm³/mol. The summed E-state index contributed by atoms with van der Waals surface area (Å²) < 4.78 is 53.1. The number of carbonyl (C=O) groups excluding carboxylic acids is 1. The van der Waals surface area contributed by atoms with Crippen molar-refractivity contribution in [1.82, 2.24) is 20.1 Å². The summed E-state index contributed by atoms with van der Waals surface area (Å²) in [5, 5.41) is 9.68. The molecule has 11 heteroatoms. The Balaban J connectivity index is 1.40. The van der Waals surface area contributed by atoms with Gasteiger partial charge in [0, 0.05) is 31.4 Å². The SMILES string of the molecule is O=C(NCc1cccnc1)c1cc2n(n1)[C@H](C(F)(F)F)C[C@H](c1ccc3c(c1)OCO3)N2. The monoisotopic (exact) mass is 445 g/mol. The summed E-state index contributed by atoms with van der Waals surface area (Å²) in [5.74, 6) is 0.586. The van der Waals surface area contributed by atoms with Gasteiger partial charge < -0.3 is 20.1 Å². The number of nitrogens with one attached hydrogen (secondary N) is 2. The fourth-order valence-corrected chi connectivity index (χ4v) is 3.81. The number of nitrogens with zero attached hydrogens (tertiary/aromatic N) is 3. The largest absolute Gasteiger partial charge is 0.454 e. The first-order chi connectivity index (χ1) is 15.4. The summed E-state index contributed by atoms with van der Waals surface area (Å²) in [6.07, 6.45) is -1.63. The quantitative estimate of drug-likeness (QED) is 0.638. The molecule has 2 N–H and O–H groups in total. The van der Waals surface area contributed by atoms with Crippen LogP contribution in [0.25, 0.3) is 0 Å². The predicted octanol–water partition coefficient (Wildman–Crippen LogP) is 3.60. The van der Waals surface area contributed by atoms with Crippen LogP contribution in [0.4, 0.5) is 19.0 Å². The van der Waals surface area contributed by atoms with Crippen LogP contribution in [0, 0.1) is 0 Å². The molecular weight excluding hydrogens is 427 g/mol. The Kier molecular flexibility index (Phi) is 4.87. The molecule has 0 bridgehead atoms. The number of benzene rings is 1. The summed E-state index contributed by atoms with van der Waals surface area (Å²) in [6.45, 7) is 0.261. The van der Waals surface area contributed by atoms with Gasteiger partial charge in [0.05, 0.1) is 6.04 Å². The van der Waals surface area contributed by atoms with E-state index < -0.39 is 24.2 Å². The van der Waals surface area contributed by atoms with Gasteiger partial charge in [-0.15, -0.1) is 0 Å². The van der Waals surface area contributed by atoms with Gasteiger partial charge in [0.15, 0.2) is 23.2 Å². The molecule has 8 nitrogen and oxygen atoms in total. The van der Waals surface area contributed by atoms with Crippen LogP contribution < -0.4 is 20.1 Å². The molecule has 2 aromatic heterocycles. The van der Waals surface area contributed by atoms with Crippen molar-refractivity contribution in [1.29, 1.82) is 0 Å². The van der Waals surface area contributed by atoms with E-state index in [0.717, 1.165) is 10.2 Å². The Hall–Kier alpha value is -3.76. The molecule has 166 valence electrons. The lowest BCUT2D eigenvalue weighted by molar-refractivity contribution is -0.173. The van der Waals surface area contributed by atoms with E-state index in [-0.39, 0.29) is 31.3 Å². The Morgan fingerprint density at radius 2 is 2.06 bits per heavy atom. The van der Waals surface area contributed by atoms with Crippen LogP contribution >= 0.6 is 0 Å². The lowest BCUT2D eigenvalue weighted by Crippen LogP contribution is -2.35. The number of hydrogen-bond acceptors (Lipinski definition) is 6. The Bertz CT molecular complexity index is 1150. The topological polar surface area (TPSA) is 90.3 Å². The molecule has 2 aliphatic rings. The average molecular weight is 445 g/mol. The molecule has 0 unspecified atom stereocenters. The number of carbonyl (C=O) groups is 1. The molecule has 0 radical (unpaired) electrons. The van der Waals surface area contributed by atoms with Gasteiger partial charge in [-0.05, 0) is 29.3 Å². The third kappa shape index (κ3) is 3.81. The second kappa shape index (κ2) is 7.74. The lowest BCUT2D eigenvalue weighted by atomic mass is 9.96. The summed E-state index contributed by atoms with van der Waals surface area (Å²) in [5.41, 5.74) is 1.29. The van der Waals surface area contributed by atoms with Gasteiger partial charge in [0.1, 0.15) is 5.82 Å². The normalized spacial score (nSPS) is 19.2.